The van der Waals surface area contributed by atoms with E-state index >= 15 is 0 Å². The van der Waals surface area contributed by atoms with Gasteiger partial charge in [-0.3, -0.25) is 9.48 Å². The van der Waals surface area contributed by atoms with Crippen LogP contribution in [0.25, 0.3) is 0 Å². The SMILES string of the molecule is COC(=O)c1ccc(NC(=O)c2cc(C(F)(F)F)nn2C)cc1. The molecule has 0 saturated heterocycles. The summed E-state index contributed by atoms with van der Waals surface area (Å²) in [4.78, 5) is 23.3. The molecule has 1 N–H and O–H groups in total. The van der Waals surface area contributed by atoms with Crippen molar-refractivity contribution in [2.24, 2.45) is 7.05 Å². The minimum Gasteiger partial charge on any atom is -0.465 e. The first-order valence-electron chi connectivity index (χ1n) is 6.33. The molecule has 6 nitrogen and oxygen atoms in total. The number of hydrogen-bond donors (Lipinski definition) is 1. The largest absolute Gasteiger partial charge is 0.465 e. The molecule has 0 aliphatic rings. The van der Waals surface area contributed by atoms with Gasteiger partial charge in [0.1, 0.15) is 5.69 Å². The lowest BCUT2D eigenvalue weighted by Gasteiger charge is -2.06. The number of anilines is 1. The lowest BCUT2D eigenvalue weighted by atomic mass is 10.2. The molecule has 9 heteroatoms. The lowest BCUT2D eigenvalue weighted by molar-refractivity contribution is -0.141. The normalized spacial score (nSPS) is 11.2. The van der Waals surface area contributed by atoms with E-state index in [1.165, 1.54) is 38.4 Å². The Bertz CT molecular complexity index is 736. The molecule has 2 rings (SSSR count). The van der Waals surface area contributed by atoms with Crippen molar-refractivity contribution in [3.63, 3.8) is 0 Å². The second-order valence-electron chi connectivity index (χ2n) is 4.56. The van der Waals surface area contributed by atoms with Gasteiger partial charge in [-0.05, 0) is 24.3 Å². The molecule has 1 aromatic heterocycles. The van der Waals surface area contributed by atoms with Crippen molar-refractivity contribution in [2.75, 3.05) is 12.4 Å². The minimum atomic E-state index is -4.63. The highest BCUT2D eigenvalue weighted by Gasteiger charge is 2.35. The molecule has 0 atom stereocenters. The van der Waals surface area contributed by atoms with Gasteiger partial charge >= 0.3 is 12.1 Å². The van der Waals surface area contributed by atoms with Crippen LogP contribution >= 0.6 is 0 Å². The van der Waals surface area contributed by atoms with Gasteiger partial charge in [0.25, 0.3) is 5.91 Å². The number of aryl methyl sites for hydroxylation is 1. The molecule has 0 aliphatic heterocycles. The van der Waals surface area contributed by atoms with Gasteiger partial charge in [0.05, 0.1) is 12.7 Å². The zero-order chi connectivity index (χ0) is 17.2. The number of amides is 1. The van der Waals surface area contributed by atoms with Crippen LogP contribution in [0.3, 0.4) is 0 Å². The van der Waals surface area contributed by atoms with Crippen LogP contribution in [-0.4, -0.2) is 28.8 Å². The molecule has 0 unspecified atom stereocenters. The quantitative estimate of drug-likeness (QED) is 0.879. The Kier molecular flexibility index (Phi) is 4.39. The van der Waals surface area contributed by atoms with Crippen LogP contribution in [0.1, 0.15) is 26.5 Å². The Morgan fingerprint density at radius 3 is 2.30 bits per heavy atom. The van der Waals surface area contributed by atoms with E-state index in [1.807, 2.05) is 0 Å². The second kappa shape index (κ2) is 6.11. The van der Waals surface area contributed by atoms with Crippen LogP contribution in [0.15, 0.2) is 30.3 Å². The van der Waals surface area contributed by atoms with Gasteiger partial charge < -0.3 is 10.1 Å². The van der Waals surface area contributed by atoms with Crippen LogP contribution in [0.2, 0.25) is 0 Å². The van der Waals surface area contributed by atoms with Gasteiger partial charge in [0, 0.05) is 18.8 Å². The minimum absolute atomic E-state index is 0.241. The summed E-state index contributed by atoms with van der Waals surface area (Å²) in [5.41, 5.74) is -0.789. The fraction of sp³-hybridized carbons (Fsp3) is 0.214. The molecule has 1 heterocycles. The molecule has 2 aromatic rings. The Labute approximate surface area is 128 Å². The number of halogens is 3. The number of carbonyl (C=O) groups is 2. The van der Waals surface area contributed by atoms with E-state index < -0.39 is 23.7 Å². The summed E-state index contributed by atoms with van der Waals surface area (Å²) < 4.78 is 43.1. The number of aromatic nitrogens is 2. The first-order valence-corrected chi connectivity index (χ1v) is 6.33. The fourth-order valence-electron chi connectivity index (χ4n) is 1.82. The zero-order valence-corrected chi connectivity index (χ0v) is 12.1. The molecule has 23 heavy (non-hydrogen) atoms. The summed E-state index contributed by atoms with van der Waals surface area (Å²) in [5.74, 6) is -1.29. The number of nitrogens with one attached hydrogen (secondary N) is 1. The third-order valence-electron chi connectivity index (χ3n) is 2.97. The molecule has 0 radical (unpaired) electrons. The average Bonchev–Trinajstić information content (AvgIpc) is 2.89. The number of benzene rings is 1. The maximum atomic E-state index is 12.6. The van der Waals surface area contributed by atoms with Crippen LogP contribution < -0.4 is 5.32 Å². The maximum Gasteiger partial charge on any atom is 0.435 e. The van der Waals surface area contributed by atoms with Gasteiger partial charge in [0.15, 0.2) is 5.69 Å². The highest BCUT2D eigenvalue weighted by atomic mass is 19.4. The van der Waals surface area contributed by atoms with Crippen LogP contribution in [-0.2, 0) is 18.0 Å². The summed E-state index contributed by atoms with van der Waals surface area (Å²) in [6.07, 6.45) is -4.63. The van der Waals surface area contributed by atoms with E-state index in [2.05, 4.69) is 15.2 Å². The van der Waals surface area contributed by atoms with E-state index in [-0.39, 0.29) is 11.3 Å². The Hall–Kier alpha value is -2.84. The smallest absolute Gasteiger partial charge is 0.435 e. The van der Waals surface area contributed by atoms with Crippen LogP contribution in [0.4, 0.5) is 18.9 Å². The predicted molar refractivity (Wildman–Crippen MR) is 73.9 cm³/mol. The summed E-state index contributed by atoms with van der Waals surface area (Å²) in [6.45, 7) is 0. The van der Waals surface area contributed by atoms with E-state index in [0.717, 1.165) is 4.68 Å². The molecule has 0 saturated carbocycles. The van der Waals surface area contributed by atoms with E-state index in [9.17, 15) is 22.8 Å². The molecule has 122 valence electrons. The van der Waals surface area contributed by atoms with Gasteiger partial charge in [-0.2, -0.15) is 18.3 Å². The molecular formula is C14H12F3N3O3. The zero-order valence-electron chi connectivity index (χ0n) is 12.1. The van der Waals surface area contributed by atoms with Gasteiger partial charge in [-0.1, -0.05) is 0 Å². The topological polar surface area (TPSA) is 73.2 Å². The molecular weight excluding hydrogens is 315 g/mol. The predicted octanol–water partition coefficient (Wildman–Crippen LogP) is 2.48. The summed E-state index contributed by atoms with van der Waals surface area (Å²) in [5, 5.41) is 5.69. The standard InChI is InChI=1S/C14H12F3N3O3/c1-20-10(7-11(19-20)14(15,16)17)12(21)18-9-5-3-8(4-6-9)13(22)23-2/h3-7H,1-2H3,(H,18,21). The number of methoxy groups -OCH3 is 1. The highest BCUT2D eigenvalue weighted by Crippen LogP contribution is 2.28. The lowest BCUT2D eigenvalue weighted by Crippen LogP contribution is -2.16. The highest BCUT2D eigenvalue weighted by molar-refractivity contribution is 6.03. The van der Waals surface area contributed by atoms with Crippen molar-refractivity contribution in [1.29, 1.82) is 0 Å². The van der Waals surface area contributed by atoms with Gasteiger partial charge in [-0.25, -0.2) is 4.79 Å². The van der Waals surface area contributed by atoms with Crippen LogP contribution in [0, 0.1) is 0 Å². The number of nitrogens with zero attached hydrogens (tertiary/aromatic N) is 2. The van der Waals surface area contributed by atoms with Crippen molar-refractivity contribution in [3.8, 4) is 0 Å². The van der Waals surface area contributed by atoms with E-state index in [0.29, 0.717) is 11.8 Å². The molecule has 0 spiro atoms. The monoisotopic (exact) mass is 327 g/mol. The third-order valence-corrected chi connectivity index (χ3v) is 2.97. The first-order chi connectivity index (χ1) is 10.7. The number of carbonyl (C=O) groups excluding carboxylic acids is 2. The van der Waals surface area contributed by atoms with Crippen LogP contribution in [0.5, 0.6) is 0 Å². The van der Waals surface area contributed by atoms with Gasteiger partial charge in [0.2, 0.25) is 0 Å². The average molecular weight is 327 g/mol. The Morgan fingerprint density at radius 2 is 1.83 bits per heavy atom. The molecule has 0 bridgehead atoms. The Morgan fingerprint density at radius 1 is 1.22 bits per heavy atom. The Balaban J connectivity index is 2.16. The fourth-order valence-corrected chi connectivity index (χ4v) is 1.82. The number of esters is 1. The molecule has 0 aliphatic carbocycles. The summed E-state index contributed by atoms with van der Waals surface area (Å²) in [7, 11) is 2.48. The van der Waals surface area contributed by atoms with Crippen molar-refractivity contribution in [3.05, 3.63) is 47.3 Å². The summed E-state index contributed by atoms with van der Waals surface area (Å²) in [6, 6.07) is 6.38. The van der Waals surface area contributed by atoms with Gasteiger partial charge in [-0.15, -0.1) is 0 Å². The van der Waals surface area contributed by atoms with Crippen molar-refractivity contribution in [1.82, 2.24) is 9.78 Å². The van der Waals surface area contributed by atoms with E-state index in [1.54, 1.807) is 0 Å². The van der Waals surface area contributed by atoms with Crippen molar-refractivity contribution < 1.29 is 27.5 Å². The second-order valence-corrected chi connectivity index (χ2v) is 4.56. The van der Waals surface area contributed by atoms with Crippen molar-refractivity contribution >= 4 is 17.6 Å². The summed E-state index contributed by atoms with van der Waals surface area (Å²) >= 11 is 0. The maximum absolute atomic E-state index is 12.6. The van der Waals surface area contributed by atoms with Crippen molar-refractivity contribution in [2.45, 2.75) is 6.18 Å². The molecule has 1 amide bonds. The molecule has 0 fully saturated rings. The number of alkyl halides is 3. The van der Waals surface area contributed by atoms with E-state index in [4.69, 9.17) is 0 Å². The molecule has 1 aromatic carbocycles. The number of ether oxygens (including phenoxy) is 1. The third kappa shape index (κ3) is 3.68. The first kappa shape index (κ1) is 16.5. The number of hydrogen-bond acceptors (Lipinski definition) is 4. The number of rotatable bonds is 3.